The van der Waals surface area contributed by atoms with Crippen molar-refractivity contribution in [1.29, 1.82) is 0 Å². The Bertz CT molecular complexity index is 310. The fourth-order valence-electron chi connectivity index (χ4n) is 1.20. The second-order valence-electron chi connectivity index (χ2n) is 3.28. The number of hydrogen-bond acceptors (Lipinski definition) is 2. The number of rotatable bonds is 3. The van der Waals surface area contributed by atoms with Gasteiger partial charge in [-0.15, -0.1) is 0 Å². The van der Waals surface area contributed by atoms with Crippen molar-refractivity contribution in [3.8, 4) is 5.75 Å². The lowest BCUT2D eigenvalue weighted by molar-refractivity contribution is 0.297. The highest BCUT2D eigenvalue weighted by molar-refractivity contribution is 14.1. The number of hydrogen-bond donors (Lipinski definition) is 0. The van der Waals surface area contributed by atoms with Crippen LogP contribution in [0.25, 0.3) is 0 Å². The van der Waals surface area contributed by atoms with Crippen LogP contribution in [0.2, 0.25) is 0 Å². The zero-order chi connectivity index (χ0) is 9.26. The van der Waals surface area contributed by atoms with Gasteiger partial charge in [-0.05, 0) is 41.9 Å². The smallest absolute Gasteiger partial charge is 0.139 e. The van der Waals surface area contributed by atoms with E-state index >= 15 is 0 Å². The molecular weight excluding hydrogens is 277 g/mol. The molecule has 0 aliphatic heterocycles. The highest BCUT2D eigenvalue weighted by Gasteiger charge is 2.25. The molecule has 1 fully saturated rings. The number of pyridine rings is 1. The van der Waals surface area contributed by atoms with E-state index in [-0.39, 0.29) is 0 Å². The van der Waals surface area contributed by atoms with Gasteiger partial charge in [0.1, 0.15) is 5.75 Å². The summed E-state index contributed by atoms with van der Waals surface area (Å²) in [5.74, 6) is 1.06. The number of aryl methyl sites for hydroxylation is 1. The molecule has 0 N–H and O–H groups in total. The first kappa shape index (κ1) is 9.24. The van der Waals surface area contributed by atoms with Gasteiger partial charge in [-0.2, -0.15) is 0 Å². The highest BCUT2D eigenvalue weighted by atomic mass is 127. The van der Waals surface area contributed by atoms with E-state index in [0.717, 1.165) is 15.7 Å². The summed E-state index contributed by atoms with van der Waals surface area (Å²) in [6.45, 7) is 2.13. The van der Waals surface area contributed by atoms with Gasteiger partial charge in [-0.25, -0.2) is 0 Å². The molecule has 0 aromatic carbocycles. The summed E-state index contributed by atoms with van der Waals surface area (Å²) in [4.78, 5) is 4.16. The molecule has 0 atom stereocenters. The van der Waals surface area contributed by atoms with Gasteiger partial charge in [0.25, 0.3) is 0 Å². The zero-order valence-electron chi connectivity index (χ0n) is 7.59. The van der Waals surface area contributed by atoms with E-state index in [4.69, 9.17) is 4.74 Å². The second kappa shape index (κ2) is 3.82. The van der Waals surface area contributed by atoms with Crippen LogP contribution in [0.1, 0.15) is 25.3 Å². The van der Waals surface area contributed by atoms with Gasteiger partial charge in [0.2, 0.25) is 0 Å². The third-order valence-corrected chi connectivity index (χ3v) is 2.89. The fraction of sp³-hybridized carbons (Fsp3) is 0.500. The summed E-state index contributed by atoms with van der Waals surface area (Å²) in [6, 6.07) is 0. The highest BCUT2D eigenvalue weighted by Crippen LogP contribution is 2.32. The number of nitrogens with zero attached hydrogens (tertiary/aromatic N) is 1. The SMILES string of the molecule is CCc1cncc(I)c1OC1CC1. The average molecular weight is 289 g/mol. The Balaban J connectivity index is 2.27. The van der Waals surface area contributed by atoms with Crippen molar-refractivity contribution in [3.63, 3.8) is 0 Å². The molecule has 2 rings (SSSR count). The molecule has 13 heavy (non-hydrogen) atoms. The van der Waals surface area contributed by atoms with Crippen LogP contribution >= 0.6 is 22.6 Å². The van der Waals surface area contributed by atoms with Gasteiger partial charge in [0.05, 0.1) is 9.67 Å². The molecule has 70 valence electrons. The summed E-state index contributed by atoms with van der Waals surface area (Å²) in [6.07, 6.45) is 7.65. The van der Waals surface area contributed by atoms with Crippen molar-refractivity contribution in [2.24, 2.45) is 0 Å². The van der Waals surface area contributed by atoms with E-state index in [1.54, 1.807) is 0 Å². The molecule has 1 saturated carbocycles. The van der Waals surface area contributed by atoms with Crippen molar-refractivity contribution in [1.82, 2.24) is 4.98 Å². The molecule has 3 heteroatoms. The lowest BCUT2D eigenvalue weighted by Gasteiger charge is -2.10. The zero-order valence-corrected chi connectivity index (χ0v) is 9.74. The van der Waals surface area contributed by atoms with Gasteiger partial charge >= 0.3 is 0 Å². The summed E-state index contributed by atoms with van der Waals surface area (Å²) in [5, 5.41) is 0. The predicted octanol–water partition coefficient (Wildman–Crippen LogP) is 2.79. The van der Waals surface area contributed by atoms with E-state index < -0.39 is 0 Å². The Kier molecular flexibility index (Phi) is 2.71. The van der Waals surface area contributed by atoms with Crippen LogP contribution in [-0.2, 0) is 6.42 Å². The minimum Gasteiger partial charge on any atom is -0.489 e. The van der Waals surface area contributed by atoms with Crippen molar-refractivity contribution in [3.05, 3.63) is 21.5 Å². The molecule has 1 aromatic rings. The van der Waals surface area contributed by atoms with Gasteiger partial charge < -0.3 is 4.74 Å². The maximum Gasteiger partial charge on any atom is 0.139 e. The topological polar surface area (TPSA) is 22.1 Å². The normalized spacial score (nSPS) is 15.8. The quantitative estimate of drug-likeness (QED) is 0.798. The fourth-order valence-corrected chi connectivity index (χ4v) is 1.83. The van der Waals surface area contributed by atoms with Gasteiger partial charge in [-0.3, -0.25) is 4.98 Å². The van der Waals surface area contributed by atoms with Crippen molar-refractivity contribution >= 4 is 22.6 Å². The molecule has 1 heterocycles. The number of halogens is 1. The molecule has 0 spiro atoms. The first-order chi connectivity index (χ1) is 6.31. The summed E-state index contributed by atoms with van der Waals surface area (Å²) in [5.41, 5.74) is 1.22. The summed E-state index contributed by atoms with van der Waals surface area (Å²) in [7, 11) is 0. The molecule has 1 aliphatic rings. The van der Waals surface area contributed by atoms with Crippen LogP contribution < -0.4 is 4.74 Å². The molecule has 0 unspecified atom stereocenters. The van der Waals surface area contributed by atoms with Crippen LogP contribution in [-0.4, -0.2) is 11.1 Å². The molecule has 0 amide bonds. The van der Waals surface area contributed by atoms with Gasteiger partial charge in [-0.1, -0.05) is 6.92 Å². The van der Waals surface area contributed by atoms with Crippen LogP contribution in [0.5, 0.6) is 5.75 Å². The molecule has 1 aromatic heterocycles. The molecule has 1 aliphatic carbocycles. The minimum atomic E-state index is 0.473. The van der Waals surface area contributed by atoms with Crippen molar-refractivity contribution in [2.45, 2.75) is 32.3 Å². The van der Waals surface area contributed by atoms with Crippen molar-refractivity contribution in [2.75, 3.05) is 0 Å². The first-order valence-corrected chi connectivity index (χ1v) is 5.68. The Morgan fingerprint density at radius 2 is 2.31 bits per heavy atom. The van der Waals surface area contributed by atoms with Crippen LogP contribution in [0, 0.1) is 3.57 Å². The first-order valence-electron chi connectivity index (χ1n) is 4.60. The Morgan fingerprint density at radius 1 is 1.54 bits per heavy atom. The third kappa shape index (κ3) is 2.13. The van der Waals surface area contributed by atoms with Crippen molar-refractivity contribution < 1.29 is 4.74 Å². The van der Waals surface area contributed by atoms with E-state index in [0.29, 0.717) is 6.10 Å². The largest absolute Gasteiger partial charge is 0.489 e. The second-order valence-corrected chi connectivity index (χ2v) is 4.44. The van der Waals surface area contributed by atoms with Gasteiger partial charge in [0, 0.05) is 18.0 Å². The van der Waals surface area contributed by atoms with Crippen LogP contribution in [0.3, 0.4) is 0 Å². The number of aromatic nitrogens is 1. The summed E-state index contributed by atoms with van der Waals surface area (Å²) < 4.78 is 6.96. The van der Waals surface area contributed by atoms with Crippen LogP contribution in [0.4, 0.5) is 0 Å². The molecule has 2 nitrogen and oxygen atoms in total. The van der Waals surface area contributed by atoms with E-state index in [2.05, 4.69) is 34.5 Å². The Hall–Kier alpha value is -0.320. The standard InChI is InChI=1S/C10H12INO/c1-2-7-5-12-6-9(11)10(7)13-8-3-4-8/h5-6,8H,2-4H2,1H3. The molecule has 0 saturated heterocycles. The minimum absolute atomic E-state index is 0.473. The van der Waals surface area contributed by atoms with E-state index in [9.17, 15) is 0 Å². The summed E-state index contributed by atoms with van der Waals surface area (Å²) >= 11 is 2.28. The molecular formula is C10H12INO. The number of ether oxygens (including phenoxy) is 1. The van der Waals surface area contributed by atoms with E-state index in [1.165, 1.54) is 18.4 Å². The maximum absolute atomic E-state index is 5.83. The van der Waals surface area contributed by atoms with E-state index in [1.807, 2.05) is 12.4 Å². The lowest BCUT2D eigenvalue weighted by atomic mass is 10.2. The lowest BCUT2D eigenvalue weighted by Crippen LogP contribution is -2.01. The van der Waals surface area contributed by atoms with Crippen LogP contribution in [0.15, 0.2) is 12.4 Å². The Labute approximate surface area is 91.8 Å². The van der Waals surface area contributed by atoms with Gasteiger partial charge in [0.15, 0.2) is 0 Å². The third-order valence-electron chi connectivity index (χ3n) is 2.12. The maximum atomic E-state index is 5.83. The Morgan fingerprint density at radius 3 is 2.92 bits per heavy atom. The molecule has 0 radical (unpaired) electrons. The average Bonchev–Trinajstić information content (AvgIpc) is 2.92. The monoisotopic (exact) mass is 289 g/mol. The molecule has 0 bridgehead atoms. The predicted molar refractivity (Wildman–Crippen MR) is 60.0 cm³/mol.